The van der Waals surface area contributed by atoms with Gasteiger partial charge in [-0.2, -0.15) is 0 Å². The molecule has 2 atom stereocenters. The molecular formula is C20H25FN6O2. The number of aliphatic hydroxyl groups excluding tert-OH is 2. The monoisotopic (exact) mass is 400 g/mol. The van der Waals surface area contributed by atoms with E-state index in [0.717, 1.165) is 22.4 Å². The van der Waals surface area contributed by atoms with E-state index in [2.05, 4.69) is 19.9 Å². The third kappa shape index (κ3) is 3.92. The summed E-state index contributed by atoms with van der Waals surface area (Å²) in [6.07, 6.45) is 2.02. The number of pyridine rings is 1. The minimum atomic E-state index is -1.29. The highest BCUT2D eigenvalue weighted by Crippen LogP contribution is 2.23. The SMILES string of the molecule is CC(C)n1c(CO)nc2cnc(Cc3ccnc(N4CC[C@H](O)[C@H](F)C4)n3)cc21. The van der Waals surface area contributed by atoms with E-state index in [-0.39, 0.29) is 19.2 Å². The third-order valence-electron chi connectivity index (χ3n) is 5.22. The minimum absolute atomic E-state index is 0.0896. The Hall–Kier alpha value is -2.65. The number of fused-ring (bicyclic) bond motifs is 1. The molecule has 1 aliphatic rings. The van der Waals surface area contributed by atoms with Crippen LogP contribution in [0, 0.1) is 0 Å². The summed E-state index contributed by atoms with van der Waals surface area (Å²) in [4.78, 5) is 19.5. The first-order chi connectivity index (χ1) is 14.0. The highest BCUT2D eigenvalue weighted by atomic mass is 19.1. The van der Waals surface area contributed by atoms with Crippen molar-refractivity contribution in [2.75, 3.05) is 18.0 Å². The Balaban J connectivity index is 1.59. The number of aliphatic hydroxyl groups is 2. The number of aromatic nitrogens is 5. The van der Waals surface area contributed by atoms with Gasteiger partial charge in [0.25, 0.3) is 0 Å². The van der Waals surface area contributed by atoms with Crippen LogP contribution in [0.2, 0.25) is 0 Å². The summed E-state index contributed by atoms with van der Waals surface area (Å²) in [5.74, 6) is 1.08. The van der Waals surface area contributed by atoms with Crippen molar-refractivity contribution in [1.82, 2.24) is 24.5 Å². The van der Waals surface area contributed by atoms with E-state index in [1.54, 1.807) is 17.3 Å². The maximum Gasteiger partial charge on any atom is 0.225 e. The number of hydrogen-bond acceptors (Lipinski definition) is 7. The lowest BCUT2D eigenvalue weighted by molar-refractivity contribution is 0.0611. The number of rotatable bonds is 5. The molecule has 0 aromatic carbocycles. The molecule has 0 radical (unpaired) electrons. The van der Waals surface area contributed by atoms with Crippen LogP contribution in [0.15, 0.2) is 24.5 Å². The van der Waals surface area contributed by atoms with Crippen molar-refractivity contribution < 1.29 is 14.6 Å². The van der Waals surface area contributed by atoms with Gasteiger partial charge in [-0.1, -0.05) is 0 Å². The van der Waals surface area contributed by atoms with E-state index in [4.69, 9.17) is 0 Å². The minimum Gasteiger partial charge on any atom is -0.390 e. The van der Waals surface area contributed by atoms with Gasteiger partial charge in [0.05, 0.1) is 30.1 Å². The first kappa shape index (κ1) is 19.7. The van der Waals surface area contributed by atoms with Crippen LogP contribution in [0.5, 0.6) is 0 Å². The lowest BCUT2D eigenvalue weighted by atomic mass is 10.1. The number of hydrogen-bond donors (Lipinski definition) is 2. The van der Waals surface area contributed by atoms with Crippen molar-refractivity contribution in [3.05, 3.63) is 41.7 Å². The van der Waals surface area contributed by atoms with Gasteiger partial charge in [-0.05, 0) is 32.4 Å². The smallest absolute Gasteiger partial charge is 0.225 e. The lowest BCUT2D eigenvalue weighted by Crippen LogP contribution is -2.45. The molecule has 0 saturated carbocycles. The Morgan fingerprint density at radius 2 is 2.07 bits per heavy atom. The van der Waals surface area contributed by atoms with Gasteiger partial charge in [-0.15, -0.1) is 0 Å². The molecule has 3 aromatic rings. The maximum atomic E-state index is 13.9. The van der Waals surface area contributed by atoms with Crippen LogP contribution in [0.4, 0.5) is 10.3 Å². The molecule has 1 saturated heterocycles. The molecule has 29 heavy (non-hydrogen) atoms. The molecular weight excluding hydrogens is 375 g/mol. The number of imidazole rings is 1. The Bertz CT molecular complexity index is 1010. The van der Waals surface area contributed by atoms with E-state index in [9.17, 15) is 14.6 Å². The summed E-state index contributed by atoms with van der Waals surface area (Å²) in [5.41, 5.74) is 3.27. The van der Waals surface area contributed by atoms with Gasteiger partial charge in [-0.3, -0.25) is 4.98 Å². The molecule has 1 fully saturated rings. The van der Waals surface area contributed by atoms with Crippen molar-refractivity contribution in [2.24, 2.45) is 0 Å². The van der Waals surface area contributed by atoms with E-state index in [1.165, 1.54) is 0 Å². The zero-order valence-corrected chi connectivity index (χ0v) is 16.5. The normalized spacial score (nSPS) is 20.0. The van der Waals surface area contributed by atoms with Gasteiger partial charge in [0.1, 0.15) is 24.1 Å². The average molecular weight is 400 g/mol. The zero-order valence-electron chi connectivity index (χ0n) is 16.5. The van der Waals surface area contributed by atoms with Crippen LogP contribution in [0.3, 0.4) is 0 Å². The second kappa shape index (κ2) is 8.00. The summed E-state index contributed by atoms with van der Waals surface area (Å²) in [6, 6.07) is 3.95. The summed E-state index contributed by atoms with van der Waals surface area (Å²) in [6.45, 7) is 4.58. The fraction of sp³-hybridized carbons (Fsp3) is 0.500. The van der Waals surface area contributed by atoms with Gasteiger partial charge in [0.2, 0.25) is 5.95 Å². The highest BCUT2D eigenvalue weighted by molar-refractivity contribution is 5.75. The van der Waals surface area contributed by atoms with E-state index < -0.39 is 12.3 Å². The van der Waals surface area contributed by atoms with Gasteiger partial charge >= 0.3 is 0 Å². The topological polar surface area (TPSA) is 100 Å². The molecule has 0 unspecified atom stereocenters. The largest absolute Gasteiger partial charge is 0.390 e. The predicted octanol–water partition coefficient (Wildman–Crippen LogP) is 1.79. The van der Waals surface area contributed by atoms with Crippen molar-refractivity contribution in [3.63, 3.8) is 0 Å². The van der Waals surface area contributed by atoms with Gasteiger partial charge in [0, 0.05) is 30.9 Å². The molecule has 4 heterocycles. The molecule has 9 heteroatoms. The number of anilines is 1. The van der Waals surface area contributed by atoms with E-state index >= 15 is 0 Å². The van der Waals surface area contributed by atoms with E-state index in [0.29, 0.717) is 31.2 Å². The van der Waals surface area contributed by atoms with Crippen LogP contribution in [0.25, 0.3) is 11.0 Å². The van der Waals surface area contributed by atoms with Crippen LogP contribution in [-0.4, -0.2) is 60.1 Å². The van der Waals surface area contributed by atoms with Crippen LogP contribution >= 0.6 is 0 Å². The van der Waals surface area contributed by atoms with Crippen molar-refractivity contribution in [3.8, 4) is 0 Å². The second-order valence-electron chi connectivity index (χ2n) is 7.66. The van der Waals surface area contributed by atoms with Crippen LogP contribution in [-0.2, 0) is 13.0 Å². The summed E-state index contributed by atoms with van der Waals surface area (Å²) in [5, 5.41) is 19.2. The Labute approximate surface area is 168 Å². The zero-order chi connectivity index (χ0) is 20.5. The standard InChI is InChI=1S/C20H25FN6O2/c1-12(2)27-17-8-14(23-9-16(17)25-19(27)11-28)7-13-3-5-22-20(24-13)26-6-4-18(29)15(21)10-26/h3,5,8-9,12,15,18,28-29H,4,6-7,10-11H2,1-2H3/t15-,18+/m1/s1. The quantitative estimate of drug-likeness (QED) is 0.673. The maximum absolute atomic E-state index is 13.9. The molecule has 0 bridgehead atoms. The fourth-order valence-corrected chi connectivity index (χ4v) is 3.77. The fourth-order valence-electron chi connectivity index (χ4n) is 3.77. The molecule has 3 aromatic heterocycles. The van der Waals surface area contributed by atoms with Gasteiger partial charge < -0.3 is 19.7 Å². The number of alkyl halides is 1. The Kier molecular flexibility index (Phi) is 5.42. The molecule has 8 nitrogen and oxygen atoms in total. The summed E-state index contributed by atoms with van der Waals surface area (Å²) >= 11 is 0. The van der Waals surface area contributed by atoms with Gasteiger partial charge in [0.15, 0.2) is 0 Å². The third-order valence-corrected chi connectivity index (χ3v) is 5.22. The molecule has 0 aliphatic carbocycles. The molecule has 2 N–H and O–H groups in total. The Morgan fingerprint density at radius 3 is 2.79 bits per heavy atom. The summed E-state index contributed by atoms with van der Waals surface area (Å²) in [7, 11) is 0. The lowest BCUT2D eigenvalue weighted by Gasteiger charge is -2.32. The molecule has 0 spiro atoms. The first-order valence-electron chi connectivity index (χ1n) is 9.82. The Morgan fingerprint density at radius 1 is 1.24 bits per heavy atom. The molecule has 1 aliphatic heterocycles. The van der Waals surface area contributed by atoms with E-state index in [1.807, 2.05) is 30.5 Å². The van der Waals surface area contributed by atoms with Crippen molar-refractivity contribution in [1.29, 1.82) is 0 Å². The number of piperidine rings is 1. The predicted molar refractivity (Wildman–Crippen MR) is 106 cm³/mol. The average Bonchev–Trinajstić information content (AvgIpc) is 3.08. The van der Waals surface area contributed by atoms with Crippen LogP contribution < -0.4 is 4.90 Å². The number of nitrogens with zero attached hydrogens (tertiary/aromatic N) is 6. The molecule has 0 amide bonds. The van der Waals surface area contributed by atoms with Gasteiger partial charge in [-0.25, -0.2) is 19.3 Å². The molecule has 154 valence electrons. The first-order valence-corrected chi connectivity index (χ1v) is 9.82. The summed E-state index contributed by atoms with van der Waals surface area (Å²) < 4.78 is 15.9. The second-order valence-corrected chi connectivity index (χ2v) is 7.66. The van der Waals surface area contributed by atoms with Crippen LogP contribution in [0.1, 0.15) is 43.5 Å². The van der Waals surface area contributed by atoms with Crippen molar-refractivity contribution in [2.45, 2.75) is 51.6 Å². The highest BCUT2D eigenvalue weighted by Gasteiger charge is 2.28. The van der Waals surface area contributed by atoms with Crippen molar-refractivity contribution >= 4 is 17.0 Å². The molecule has 4 rings (SSSR count). The number of halogens is 1.